The first kappa shape index (κ1) is 25.9. The van der Waals surface area contributed by atoms with Gasteiger partial charge < -0.3 is 34.5 Å². The summed E-state index contributed by atoms with van der Waals surface area (Å²) in [6.45, 7) is 1.40. The summed E-state index contributed by atoms with van der Waals surface area (Å²) >= 11 is 0. The third-order valence-corrected chi connectivity index (χ3v) is 6.67. The number of rotatable bonds is 8. The molecule has 15 heteroatoms. The first-order valence-electron chi connectivity index (χ1n) is 12.6. The number of halogens is 2. The Labute approximate surface area is 226 Å². The highest BCUT2D eigenvalue weighted by Crippen LogP contribution is 2.38. The number of nitrogens with one attached hydrogen (secondary N) is 2. The Morgan fingerprint density at radius 3 is 2.95 bits per heavy atom. The Kier molecular flexibility index (Phi) is 6.66. The molecule has 3 N–H and O–H groups in total. The second kappa shape index (κ2) is 10.3. The Morgan fingerprint density at radius 2 is 2.17 bits per heavy atom. The number of aliphatic hydroxyl groups is 1. The second-order valence-corrected chi connectivity index (χ2v) is 9.44. The fourth-order valence-corrected chi connectivity index (χ4v) is 4.73. The molecule has 0 amide bonds. The molecule has 40 heavy (non-hydrogen) atoms. The number of alkyl halides is 2. The van der Waals surface area contributed by atoms with Crippen LogP contribution >= 0.6 is 0 Å². The lowest BCUT2D eigenvalue weighted by Gasteiger charge is -2.22. The molecule has 0 aliphatic carbocycles. The zero-order valence-corrected chi connectivity index (χ0v) is 21.3. The smallest absolute Gasteiger partial charge is 0.289 e. The van der Waals surface area contributed by atoms with Crippen LogP contribution in [0, 0.1) is 11.3 Å². The van der Waals surface area contributed by atoms with Crippen LogP contribution in [0.1, 0.15) is 30.5 Å². The maximum Gasteiger partial charge on any atom is 0.289 e. The van der Waals surface area contributed by atoms with Crippen LogP contribution in [-0.4, -0.2) is 60.1 Å². The van der Waals surface area contributed by atoms with Gasteiger partial charge in [0.1, 0.15) is 34.4 Å². The van der Waals surface area contributed by atoms with Gasteiger partial charge in [0.25, 0.3) is 5.92 Å². The highest BCUT2D eigenvalue weighted by atomic mass is 19.3. The van der Waals surface area contributed by atoms with E-state index in [-0.39, 0.29) is 52.8 Å². The number of nitrogens with zero attached hydrogens (tertiary/aromatic N) is 7. The molecule has 2 aliphatic heterocycles. The highest BCUT2D eigenvalue weighted by Gasteiger charge is 2.38. The minimum Gasteiger partial charge on any atom is -0.454 e. The Morgan fingerprint density at radius 1 is 1.30 bits per heavy atom. The van der Waals surface area contributed by atoms with Gasteiger partial charge in [0.05, 0.1) is 18.9 Å². The van der Waals surface area contributed by atoms with Crippen molar-refractivity contribution in [1.82, 2.24) is 29.3 Å². The van der Waals surface area contributed by atoms with E-state index >= 15 is 0 Å². The van der Waals surface area contributed by atoms with Gasteiger partial charge in [0.15, 0.2) is 17.2 Å². The van der Waals surface area contributed by atoms with E-state index in [1.54, 1.807) is 17.7 Å². The van der Waals surface area contributed by atoms with Crippen LogP contribution in [-0.2, 0) is 29.0 Å². The molecule has 0 spiro atoms. The van der Waals surface area contributed by atoms with Crippen molar-refractivity contribution in [2.24, 2.45) is 7.05 Å². The molecule has 0 aromatic carbocycles. The second-order valence-electron chi connectivity index (χ2n) is 9.44. The molecule has 4 aromatic rings. The van der Waals surface area contributed by atoms with Crippen molar-refractivity contribution in [2.45, 2.75) is 44.2 Å². The number of imidazole rings is 1. The van der Waals surface area contributed by atoms with Gasteiger partial charge in [0.2, 0.25) is 12.4 Å². The highest BCUT2D eigenvalue weighted by molar-refractivity contribution is 5.84. The van der Waals surface area contributed by atoms with Crippen LogP contribution in [0.25, 0.3) is 11.2 Å². The van der Waals surface area contributed by atoms with Crippen LogP contribution in [0.3, 0.4) is 0 Å². The monoisotopic (exact) mass is 553 g/mol. The summed E-state index contributed by atoms with van der Waals surface area (Å²) in [6.07, 6.45) is 2.14. The largest absolute Gasteiger partial charge is 0.454 e. The van der Waals surface area contributed by atoms with Gasteiger partial charge in [-0.25, -0.2) is 9.97 Å². The van der Waals surface area contributed by atoms with Gasteiger partial charge in [-0.3, -0.25) is 4.68 Å². The van der Waals surface area contributed by atoms with Crippen molar-refractivity contribution < 1.29 is 28.1 Å². The maximum atomic E-state index is 14.3. The Balaban J connectivity index is 1.23. The molecule has 6 rings (SSSR count). The summed E-state index contributed by atoms with van der Waals surface area (Å²) < 4.78 is 48.1. The third kappa shape index (κ3) is 4.99. The number of anilines is 3. The normalized spacial score (nSPS) is 18.7. The maximum absolute atomic E-state index is 14.3. The number of aliphatic hydroxyl groups excluding tert-OH is 1. The number of nitriles is 1. The van der Waals surface area contributed by atoms with Gasteiger partial charge in [-0.1, -0.05) is 0 Å². The first-order valence-corrected chi connectivity index (χ1v) is 12.6. The van der Waals surface area contributed by atoms with Crippen molar-refractivity contribution >= 4 is 28.7 Å². The summed E-state index contributed by atoms with van der Waals surface area (Å²) in [5.41, 5.74) is 0.660. The van der Waals surface area contributed by atoms with E-state index in [1.807, 2.05) is 0 Å². The van der Waals surface area contributed by atoms with Crippen molar-refractivity contribution in [3.63, 3.8) is 0 Å². The number of hydrogen-bond acceptors (Lipinski definition) is 11. The molecule has 2 atom stereocenters. The summed E-state index contributed by atoms with van der Waals surface area (Å²) in [4.78, 5) is 12.9. The molecule has 0 saturated carbocycles. The SMILES string of the molecule is Cn1c(Nc2cc3n(n2)CCCC3(F)F)nc2ncc(Oc3ccnc(NC(O)O[C@@H]4CCOC4)c3)c(C#N)c21. The van der Waals surface area contributed by atoms with Crippen molar-refractivity contribution in [1.29, 1.82) is 5.26 Å². The molecule has 1 saturated heterocycles. The van der Waals surface area contributed by atoms with E-state index in [0.29, 0.717) is 43.9 Å². The lowest BCUT2D eigenvalue weighted by Crippen LogP contribution is -2.29. The molecule has 6 heterocycles. The van der Waals surface area contributed by atoms with Gasteiger partial charge >= 0.3 is 0 Å². The lowest BCUT2D eigenvalue weighted by molar-refractivity contribution is -0.117. The molecule has 208 valence electrons. The van der Waals surface area contributed by atoms with Gasteiger partial charge in [-0.15, -0.1) is 0 Å². The molecule has 0 bridgehead atoms. The molecule has 1 unspecified atom stereocenters. The standard InChI is InChI=1S/C25H25F2N9O4/c1-35-21-16(11-28)17(39-14-3-6-29-19(9-14)32-24(37)40-15-4-8-38-13-15)12-30-22(21)33-23(35)31-20-10-18-25(26,27)5-2-7-36(18)34-20/h3,6,9-10,12,15,24,37H,2,4-5,7-8,13H2,1H3,(H,29,32)(H,30,31,33,34)/t15-,24?/m1/s1. The fourth-order valence-electron chi connectivity index (χ4n) is 4.73. The molecular formula is C25H25F2N9O4. The summed E-state index contributed by atoms with van der Waals surface area (Å²) in [6, 6.07) is 6.57. The zero-order chi connectivity index (χ0) is 27.9. The first-order chi connectivity index (χ1) is 19.3. The predicted molar refractivity (Wildman–Crippen MR) is 136 cm³/mol. The van der Waals surface area contributed by atoms with Crippen molar-refractivity contribution in [3.8, 4) is 17.6 Å². The van der Waals surface area contributed by atoms with Gasteiger partial charge in [-0.2, -0.15) is 24.1 Å². The average molecular weight is 554 g/mol. The molecule has 0 radical (unpaired) electrons. The molecule has 2 aliphatic rings. The molecular weight excluding hydrogens is 528 g/mol. The summed E-state index contributed by atoms with van der Waals surface area (Å²) in [5, 5.41) is 30.1. The van der Waals surface area contributed by atoms with E-state index in [2.05, 4.69) is 36.8 Å². The van der Waals surface area contributed by atoms with Crippen LogP contribution in [0.4, 0.5) is 26.4 Å². The topological polar surface area (TPSA) is 157 Å². The minimum absolute atomic E-state index is 0.149. The van der Waals surface area contributed by atoms with Crippen molar-refractivity contribution in [2.75, 3.05) is 23.8 Å². The lowest BCUT2D eigenvalue weighted by atomic mass is 10.1. The van der Waals surface area contributed by atoms with Gasteiger partial charge in [0, 0.05) is 44.9 Å². The van der Waals surface area contributed by atoms with Crippen LogP contribution in [0.2, 0.25) is 0 Å². The van der Waals surface area contributed by atoms with Gasteiger partial charge in [-0.05, 0) is 18.9 Å². The summed E-state index contributed by atoms with van der Waals surface area (Å²) in [7, 11) is 1.67. The number of ether oxygens (including phenoxy) is 3. The average Bonchev–Trinajstić information content (AvgIpc) is 3.65. The summed E-state index contributed by atoms with van der Waals surface area (Å²) in [5.74, 6) is -1.68. The van der Waals surface area contributed by atoms with Crippen molar-refractivity contribution in [3.05, 3.63) is 41.9 Å². The van der Waals surface area contributed by atoms with Crippen LogP contribution < -0.4 is 15.4 Å². The van der Waals surface area contributed by atoms with Crippen LogP contribution in [0.15, 0.2) is 30.6 Å². The number of hydrogen-bond donors (Lipinski definition) is 3. The third-order valence-electron chi connectivity index (χ3n) is 6.67. The number of aromatic nitrogens is 6. The van der Waals surface area contributed by atoms with E-state index in [0.717, 1.165) is 0 Å². The Hall–Kier alpha value is -4.39. The van der Waals surface area contributed by atoms with E-state index in [4.69, 9.17) is 14.2 Å². The predicted octanol–water partition coefficient (Wildman–Crippen LogP) is 3.35. The van der Waals surface area contributed by atoms with E-state index < -0.39 is 12.3 Å². The number of fused-ring (bicyclic) bond motifs is 2. The Bertz CT molecular complexity index is 1590. The molecule has 1 fully saturated rings. The zero-order valence-electron chi connectivity index (χ0n) is 21.3. The quantitative estimate of drug-likeness (QED) is 0.275. The molecule has 13 nitrogen and oxygen atoms in total. The van der Waals surface area contributed by atoms with Crippen LogP contribution in [0.5, 0.6) is 11.5 Å². The number of pyridine rings is 2. The number of aryl methyl sites for hydroxylation is 2. The minimum atomic E-state index is -2.95. The fraction of sp³-hybridized carbons (Fsp3) is 0.400. The molecule has 4 aromatic heterocycles. The van der Waals surface area contributed by atoms with E-state index in [9.17, 15) is 19.1 Å². The van der Waals surface area contributed by atoms with E-state index in [1.165, 1.54) is 29.2 Å².